The van der Waals surface area contributed by atoms with E-state index in [9.17, 15) is 4.39 Å². The largest absolute Gasteiger partial charge is 0.494 e. The SMILES string of the molecule is CCOc1ccc(NCc2cccc(OCc3cccc(F)c3)c2)cc1. The van der Waals surface area contributed by atoms with E-state index in [-0.39, 0.29) is 5.82 Å². The van der Waals surface area contributed by atoms with Crippen molar-refractivity contribution in [1.82, 2.24) is 0 Å². The van der Waals surface area contributed by atoms with Crippen molar-refractivity contribution < 1.29 is 13.9 Å². The maximum absolute atomic E-state index is 13.2. The number of nitrogens with one attached hydrogen (secondary N) is 1. The fourth-order valence-electron chi connectivity index (χ4n) is 2.58. The summed E-state index contributed by atoms with van der Waals surface area (Å²) in [4.78, 5) is 0. The summed E-state index contributed by atoms with van der Waals surface area (Å²) in [6, 6.07) is 22.2. The summed E-state index contributed by atoms with van der Waals surface area (Å²) in [6.45, 7) is 3.66. The number of ether oxygens (including phenoxy) is 2. The third-order valence-electron chi connectivity index (χ3n) is 3.85. The van der Waals surface area contributed by atoms with Crippen molar-refractivity contribution in [3.63, 3.8) is 0 Å². The Labute approximate surface area is 153 Å². The molecule has 0 aromatic heterocycles. The average molecular weight is 351 g/mol. The van der Waals surface area contributed by atoms with Crippen molar-refractivity contribution in [2.45, 2.75) is 20.1 Å². The number of rotatable bonds is 8. The van der Waals surface area contributed by atoms with E-state index in [1.165, 1.54) is 12.1 Å². The lowest BCUT2D eigenvalue weighted by Gasteiger charge is -2.10. The quantitative estimate of drug-likeness (QED) is 0.588. The number of benzene rings is 3. The van der Waals surface area contributed by atoms with Crippen LogP contribution in [-0.4, -0.2) is 6.61 Å². The minimum absolute atomic E-state index is 0.251. The Hall–Kier alpha value is -3.01. The van der Waals surface area contributed by atoms with Crippen LogP contribution in [0.15, 0.2) is 72.8 Å². The third-order valence-corrected chi connectivity index (χ3v) is 3.85. The minimum Gasteiger partial charge on any atom is -0.494 e. The van der Waals surface area contributed by atoms with Crippen LogP contribution >= 0.6 is 0 Å². The highest BCUT2D eigenvalue weighted by Gasteiger charge is 2.01. The van der Waals surface area contributed by atoms with E-state index >= 15 is 0 Å². The second-order valence-corrected chi connectivity index (χ2v) is 5.88. The van der Waals surface area contributed by atoms with Gasteiger partial charge in [-0.05, 0) is 66.6 Å². The normalized spacial score (nSPS) is 10.4. The fourth-order valence-corrected chi connectivity index (χ4v) is 2.58. The monoisotopic (exact) mass is 351 g/mol. The van der Waals surface area contributed by atoms with Crippen LogP contribution in [0.4, 0.5) is 10.1 Å². The molecule has 0 aliphatic rings. The fraction of sp³-hybridized carbons (Fsp3) is 0.182. The Balaban J connectivity index is 1.55. The molecule has 0 saturated heterocycles. The highest BCUT2D eigenvalue weighted by atomic mass is 19.1. The topological polar surface area (TPSA) is 30.5 Å². The van der Waals surface area contributed by atoms with Gasteiger partial charge in [-0.1, -0.05) is 24.3 Å². The first kappa shape index (κ1) is 17.8. The summed E-state index contributed by atoms with van der Waals surface area (Å²) in [7, 11) is 0. The summed E-state index contributed by atoms with van der Waals surface area (Å²) >= 11 is 0. The molecule has 3 nitrogen and oxygen atoms in total. The van der Waals surface area contributed by atoms with Gasteiger partial charge in [0.1, 0.15) is 23.9 Å². The molecular formula is C22H22FNO2. The van der Waals surface area contributed by atoms with Gasteiger partial charge in [-0.15, -0.1) is 0 Å². The molecule has 0 aliphatic heterocycles. The molecular weight excluding hydrogens is 329 g/mol. The van der Waals surface area contributed by atoms with E-state index < -0.39 is 0 Å². The number of hydrogen-bond donors (Lipinski definition) is 1. The van der Waals surface area contributed by atoms with Gasteiger partial charge >= 0.3 is 0 Å². The van der Waals surface area contributed by atoms with Crippen LogP contribution < -0.4 is 14.8 Å². The van der Waals surface area contributed by atoms with Crippen LogP contribution in [-0.2, 0) is 13.2 Å². The van der Waals surface area contributed by atoms with Crippen LogP contribution in [0.25, 0.3) is 0 Å². The Morgan fingerprint density at radius 2 is 1.58 bits per heavy atom. The zero-order valence-corrected chi connectivity index (χ0v) is 14.7. The molecule has 3 rings (SSSR count). The standard InChI is InChI=1S/C22H22FNO2/c1-2-25-21-11-9-20(10-12-21)24-15-17-5-4-8-22(14-17)26-16-18-6-3-7-19(23)13-18/h3-14,24H,2,15-16H2,1H3. The highest BCUT2D eigenvalue weighted by molar-refractivity contribution is 5.47. The molecule has 0 radical (unpaired) electrons. The van der Waals surface area contributed by atoms with Crippen molar-refractivity contribution in [3.05, 3.63) is 89.7 Å². The zero-order chi connectivity index (χ0) is 18.2. The highest BCUT2D eigenvalue weighted by Crippen LogP contribution is 2.19. The van der Waals surface area contributed by atoms with Gasteiger partial charge in [-0.25, -0.2) is 4.39 Å². The molecule has 26 heavy (non-hydrogen) atoms. The van der Waals surface area contributed by atoms with Crippen molar-refractivity contribution >= 4 is 5.69 Å². The molecule has 0 unspecified atom stereocenters. The van der Waals surface area contributed by atoms with E-state index in [0.717, 1.165) is 28.3 Å². The molecule has 0 spiro atoms. The van der Waals surface area contributed by atoms with Crippen molar-refractivity contribution in [2.75, 3.05) is 11.9 Å². The van der Waals surface area contributed by atoms with Gasteiger partial charge < -0.3 is 14.8 Å². The molecule has 0 saturated carbocycles. The Kier molecular flexibility index (Phi) is 6.09. The molecule has 3 aromatic rings. The maximum Gasteiger partial charge on any atom is 0.123 e. The van der Waals surface area contributed by atoms with Gasteiger partial charge in [-0.2, -0.15) is 0 Å². The zero-order valence-electron chi connectivity index (χ0n) is 14.7. The van der Waals surface area contributed by atoms with E-state index in [0.29, 0.717) is 19.8 Å². The molecule has 0 bridgehead atoms. The molecule has 1 N–H and O–H groups in total. The molecule has 134 valence electrons. The average Bonchev–Trinajstić information content (AvgIpc) is 2.67. The molecule has 0 fully saturated rings. The molecule has 0 atom stereocenters. The first-order chi connectivity index (χ1) is 12.7. The first-order valence-electron chi connectivity index (χ1n) is 8.66. The molecule has 3 aromatic carbocycles. The molecule has 0 aliphatic carbocycles. The lowest BCUT2D eigenvalue weighted by atomic mass is 10.2. The first-order valence-corrected chi connectivity index (χ1v) is 8.66. The van der Waals surface area contributed by atoms with Crippen LogP contribution in [0.2, 0.25) is 0 Å². The summed E-state index contributed by atoms with van der Waals surface area (Å²) in [5.74, 6) is 1.38. The number of halogens is 1. The van der Waals surface area contributed by atoms with Crippen LogP contribution in [0.5, 0.6) is 11.5 Å². The summed E-state index contributed by atoms with van der Waals surface area (Å²) in [5.41, 5.74) is 2.94. The van der Waals surface area contributed by atoms with Crippen LogP contribution in [0.1, 0.15) is 18.1 Å². The Morgan fingerprint density at radius 3 is 2.35 bits per heavy atom. The van der Waals surface area contributed by atoms with Gasteiger partial charge in [0.25, 0.3) is 0 Å². The molecule has 0 amide bonds. The third kappa shape index (κ3) is 5.24. The minimum atomic E-state index is -0.251. The van der Waals surface area contributed by atoms with E-state index in [1.807, 2.05) is 61.5 Å². The summed E-state index contributed by atoms with van der Waals surface area (Å²) in [6.07, 6.45) is 0. The van der Waals surface area contributed by atoms with Crippen LogP contribution in [0, 0.1) is 5.82 Å². The summed E-state index contributed by atoms with van der Waals surface area (Å²) in [5, 5.41) is 3.38. The van der Waals surface area contributed by atoms with Gasteiger partial charge in [-0.3, -0.25) is 0 Å². The van der Waals surface area contributed by atoms with Crippen molar-refractivity contribution in [3.8, 4) is 11.5 Å². The molecule has 0 heterocycles. The second kappa shape index (κ2) is 8.90. The predicted octanol–water partition coefficient (Wildman–Crippen LogP) is 5.42. The lowest BCUT2D eigenvalue weighted by Crippen LogP contribution is -2.01. The van der Waals surface area contributed by atoms with E-state index in [2.05, 4.69) is 5.32 Å². The number of hydrogen-bond acceptors (Lipinski definition) is 3. The van der Waals surface area contributed by atoms with Crippen molar-refractivity contribution in [2.24, 2.45) is 0 Å². The lowest BCUT2D eigenvalue weighted by molar-refractivity contribution is 0.305. The van der Waals surface area contributed by atoms with Gasteiger partial charge in [0, 0.05) is 12.2 Å². The predicted molar refractivity (Wildman–Crippen MR) is 102 cm³/mol. The Bertz CT molecular complexity index is 834. The summed E-state index contributed by atoms with van der Waals surface area (Å²) < 4.78 is 24.4. The second-order valence-electron chi connectivity index (χ2n) is 5.88. The number of anilines is 1. The van der Waals surface area contributed by atoms with Crippen molar-refractivity contribution in [1.29, 1.82) is 0 Å². The maximum atomic E-state index is 13.2. The van der Waals surface area contributed by atoms with Gasteiger partial charge in [0.15, 0.2) is 0 Å². The van der Waals surface area contributed by atoms with E-state index in [4.69, 9.17) is 9.47 Å². The molecule has 4 heteroatoms. The van der Waals surface area contributed by atoms with E-state index in [1.54, 1.807) is 6.07 Å². The van der Waals surface area contributed by atoms with Gasteiger partial charge in [0.2, 0.25) is 0 Å². The smallest absolute Gasteiger partial charge is 0.123 e. The Morgan fingerprint density at radius 1 is 0.808 bits per heavy atom. The van der Waals surface area contributed by atoms with Gasteiger partial charge in [0.05, 0.1) is 6.61 Å². The van der Waals surface area contributed by atoms with Crippen LogP contribution in [0.3, 0.4) is 0 Å².